The summed E-state index contributed by atoms with van der Waals surface area (Å²) >= 11 is 0. The predicted molar refractivity (Wildman–Crippen MR) is 102 cm³/mol. The van der Waals surface area contributed by atoms with E-state index in [1.165, 1.54) is 4.90 Å². The minimum Gasteiger partial charge on any atom is -0.548 e. The number of aryl methyl sites for hydroxylation is 1. The molecule has 1 N–H and O–H groups in total. The molecule has 1 aliphatic heterocycles. The van der Waals surface area contributed by atoms with Gasteiger partial charge in [0, 0.05) is 18.5 Å². The first-order chi connectivity index (χ1) is 13.5. The van der Waals surface area contributed by atoms with E-state index in [1.807, 2.05) is 31.2 Å². The van der Waals surface area contributed by atoms with E-state index >= 15 is 0 Å². The van der Waals surface area contributed by atoms with Gasteiger partial charge in [-0.3, -0.25) is 9.59 Å². The van der Waals surface area contributed by atoms with Crippen molar-refractivity contribution in [3.63, 3.8) is 0 Å². The molecule has 0 bridgehead atoms. The van der Waals surface area contributed by atoms with E-state index in [0.29, 0.717) is 24.9 Å². The van der Waals surface area contributed by atoms with Gasteiger partial charge in [0.1, 0.15) is 6.04 Å². The Labute approximate surface area is 164 Å². The maximum absolute atomic E-state index is 13.1. The van der Waals surface area contributed by atoms with Crippen LogP contribution in [0.15, 0.2) is 54.6 Å². The van der Waals surface area contributed by atoms with Crippen LogP contribution in [0, 0.1) is 6.92 Å². The highest BCUT2D eigenvalue weighted by molar-refractivity contribution is 5.98. The van der Waals surface area contributed by atoms with E-state index in [2.05, 4.69) is 5.32 Å². The number of hydrogen-bond donors (Lipinski definition) is 1. The first-order valence-corrected chi connectivity index (χ1v) is 9.38. The van der Waals surface area contributed by atoms with Crippen LogP contribution in [-0.4, -0.2) is 41.3 Å². The van der Waals surface area contributed by atoms with Gasteiger partial charge < -0.3 is 20.1 Å². The fourth-order valence-corrected chi connectivity index (χ4v) is 3.47. The standard InChI is InChI=1S/C22H24N2O4/c1-15-9-11-16(12-10-15)14-18(23-20(25)17-6-3-2-4-7-17)21(26)24-13-5-8-19(24)22(27)28/h2-4,6-7,9-12,18-19H,5,8,13-14H2,1H3,(H,23,25)(H,27,28)/p-1/t18-,19-/m0/s1. The zero-order valence-electron chi connectivity index (χ0n) is 15.8. The predicted octanol–water partition coefficient (Wildman–Crippen LogP) is 1.08. The molecule has 0 saturated carbocycles. The van der Waals surface area contributed by atoms with Crippen molar-refractivity contribution in [1.29, 1.82) is 0 Å². The average Bonchev–Trinajstić information content (AvgIpc) is 3.19. The van der Waals surface area contributed by atoms with E-state index in [4.69, 9.17) is 0 Å². The number of carboxylic acids is 1. The zero-order valence-corrected chi connectivity index (χ0v) is 15.8. The fourth-order valence-electron chi connectivity index (χ4n) is 3.47. The highest BCUT2D eigenvalue weighted by atomic mass is 16.4. The molecule has 28 heavy (non-hydrogen) atoms. The Balaban J connectivity index is 1.82. The zero-order chi connectivity index (χ0) is 20.1. The van der Waals surface area contributed by atoms with Crippen molar-refractivity contribution in [1.82, 2.24) is 10.2 Å². The topological polar surface area (TPSA) is 89.5 Å². The lowest BCUT2D eigenvalue weighted by Gasteiger charge is -2.30. The summed E-state index contributed by atoms with van der Waals surface area (Å²) in [6.07, 6.45) is 1.26. The summed E-state index contributed by atoms with van der Waals surface area (Å²) in [6.45, 7) is 2.32. The summed E-state index contributed by atoms with van der Waals surface area (Å²) < 4.78 is 0. The number of carbonyl (C=O) groups is 3. The van der Waals surface area contributed by atoms with E-state index in [-0.39, 0.29) is 12.3 Å². The molecule has 0 spiro atoms. The third-order valence-corrected chi connectivity index (χ3v) is 5.01. The second kappa shape index (κ2) is 8.69. The molecule has 2 aromatic carbocycles. The van der Waals surface area contributed by atoms with Gasteiger partial charge in [-0.15, -0.1) is 0 Å². The van der Waals surface area contributed by atoms with E-state index in [0.717, 1.165) is 11.1 Å². The average molecular weight is 379 g/mol. The van der Waals surface area contributed by atoms with Crippen molar-refractivity contribution in [2.24, 2.45) is 0 Å². The first kappa shape index (κ1) is 19.6. The monoisotopic (exact) mass is 379 g/mol. The summed E-state index contributed by atoms with van der Waals surface area (Å²) in [5, 5.41) is 14.2. The van der Waals surface area contributed by atoms with Crippen molar-refractivity contribution in [2.45, 2.75) is 38.3 Å². The Morgan fingerprint density at radius 1 is 1.11 bits per heavy atom. The van der Waals surface area contributed by atoms with Crippen molar-refractivity contribution in [2.75, 3.05) is 6.54 Å². The normalized spacial score (nSPS) is 17.2. The number of likely N-dealkylation sites (tertiary alicyclic amines) is 1. The molecule has 0 unspecified atom stereocenters. The number of aliphatic carboxylic acids is 1. The number of benzene rings is 2. The molecule has 2 atom stereocenters. The molecule has 0 aromatic heterocycles. The molecule has 2 aromatic rings. The maximum Gasteiger partial charge on any atom is 0.251 e. The molecule has 1 heterocycles. The quantitative estimate of drug-likeness (QED) is 0.813. The molecule has 3 rings (SSSR count). The number of hydrogen-bond acceptors (Lipinski definition) is 4. The van der Waals surface area contributed by atoms with Crippen LogP contribution in [-0.2, 0) is 16.0 Å². The lowest BCUT2D eigenvalue weighted by Crippen LogP contribution is -2.54. The Bertz CT molecular complexity index is 849. The Hall–Kier alpha value is -3.15. The summed E-state index contributed by atoms with van der Waals surface area (Å²) in [7, 11) is 0. The van der Waals surface area contributed by atoms with Gasteiger partial charge in [0.05, 0.1) is 12.0 Å². The molecule has 1 fully saturated rings. The molecule has 6 heteroatoms. The largest absolute Gasteiger partial charge is 0.548 e. The fraction of sp³-hybridized carbons (Fsp3) is 0.318. The Morgan fingerprint density at radius 2 is 1.79 bits per heavy atom. The van der Waals surface area contributed by atoms with Crippen LogP contribution in [0.25, 0.3) is 0 Å². The van der Waals surface area contributed by atoms with Gasteiger partial charge in [0.25, 0.3) is 5.91 Å². The summed E-state index contributed by atoms with van der Waals surface area (Å²) in [4.78, 5) is 38.4. The SMILES string of the molecule is Cc1ccc(C[C@H](NC(=O)c2ccccc2)C(=O)N2CCC[C@H]2C(=O)[O-])cc1. The van der Waals surface area contributed by atoms with Crippen molar-refractivity contribution < 1.29 is 19.5 Å². The van der Waals surface area contributed by atoms with E-state index < -0.39 is 24.0 Å². The smallest absolute Gasteiger partial charge is 0.251 e. The molecule has 0 aliphatic carbocycles. The van der Waals surface area contributed by atoms with Crippen LogP contribution in [0.1, 0.15) is 34.3 Å². The second-order valence-electron chi connectivity index (χ2n) is 7.09. The minimum absolute atomic E-state index is 0.286. The van der Waals surface area contributed by atoms with Gasteiger partial charge in [0.15, 0.2) is 0 Å². The van der Waals surface area contributed by atoms with Crippen LogP contribution >= 0.6 is 0 Å². The summed E-state index contributed by atoms with van der Waals surface area (Å²) in [6, 6.07) is 14.5. The van der Waals surface area contributed by atoms with Crippen LogP contribution in [0.5, 0.6) is 0 Å². The number of rotatable bonds is 6. The summed E-state index contributed by atoms with van der Waals surface area (Å²) in [5.74, 6) is -2.01. The number of amides is 2. The van der Waals surface area contributed by atoms with Crippen LogP contribution < -0.4 is 10.4 Å². The van der Waals surface area contributed by atoms with Crippen LogP contribution in [0.3, 0.4) is 0 Å². The first-order valence-electron chi connectivity index (χ1n) is 9.38. The molecule has 0 radical (unpaired) electrons. The maximum atomic E-state index is 13.1. The second-order valence-corrected chi connectivity index (χ2v) is 7.09. The number of nitrogens with zero attached hydrogens (tertiary/aromatic N) is 1. The lowest BCUT2D eigenvalue weighted by molar-refractivity contribution is -0.310. The molecular weight excluding hydrogens is 356 g/mol. The summed E-state index contributed by atoms with van der Waals surface area (Å²) in [5.41, 5.74) is 2.43. The van der Waals surface area contributed by atoms with Crippen molar-refractivity contribution >= 4 is 17.8 Å². The Morgan fingerprint density at radius 3 is 2.43 bits per heavy atom. The van der Waals surface area contributed by atoms with Crippen molar-refractivity contribution in [3.8, 4) is 0 Å². The molecule has 2 amide bonds. The number of carbonyl (C=O) groups excluding carboxylic acids is 3. The molecule has 1 saturated heterocycles. The minimum atomic E-state index is -1.26. The van der Waals surface area contributed by atoms with Gasteiger partial charge in [0.2, 0.25) is 5.91 Å². The number of nitrogens with one attached hydrogen (secondary N) is 1. The van der Waals surface area contributed by atoms with Crippen LogP contribution in [0.4, 0.5) is 0 Å². The van der Waals surface area contributed by atoms with Gasteiger partial charge in [-0.25, -0.2) is 0 Å². The third-order valence-electron chi connectivity index (χ3n) is 5.01. The van der Waals surface area contributed by atoms with Gasteiger partial charge >= 0.3 is 0 Å². The van der Waals surface area contributed by atoms with E-state index in [9.17, 15) is 19.5 Å². The molecule has 1 aliphatic rings. The van der Waals surface area contributed by atoms with Crippen molar-refractivity contribution in [3.05, 3.63) is 71.3 Å². The lowest BCUT2D eigenvalue weighted by atomic mass is 10.0. The molecule has 6 nitrogen and oxygen atoms in total. The Kier molecular flexibility index (Phi) is 6.09. The highest BCUT2D eigenvalue weighted by Crippen LogP contribution is 2.19. The molecular formula is C22H23N2O4-. The highest BCUT2D eigenvalue weighted by Gasteiger charge is 2.34. The van der Waals surface area contributed by atoms with E-state index in [1.54, 1.807) is 30.3 Å². The van der Waals surface area contributed by atoms with Crippen LogP contribution in [0.2, 0.25) is 0 Å². The molecule has 146 valence electrons. The van der Waals surface area contributed by atoms with Gasteiger partial charge in [-0.05, 0) is 37.5 Å². The third kappa shape index (κ3) is 4.57. The van der Waals surface area contributed by atoms with Gasteiger partial charge in [-0.2, -0.15) is 0 Å². The van der Waals surface area contributed by atoms with Gasteiger partial charge in [-0.1, -0.05) is 48.0 Å². The number of carboxylic acid groups (broad SMARTS) is 1.